The first-order valence-electron chi connectivity index (χ1n) is 29.7. The third-order valence-corrected chi connectivity index (χ3v) is 13.7. The molecule has 0 bridgehead atoms. The third kappa shape index (κ3) is 53.4. The number of esters is 3. The van der Waals surface area contributed by atoms with Crippen LogP contribution >= 0.6 is 0 Å². The fourth-order valence-electron chi connectivity index (χ4n) is 9.23. The minimum absolute atomic E-state index is 0.0626. The molecule has 0 spiro atoms. The number of ether oxygens (including phenoxy) is 3. The second-order valence-electron chi connectivity index (χ2n) is 21.6. The van der Waals surface area contributed by atoms with E-state index in [-0.39, 0.29) is 31.1 Å². The summed E-state index contributed by atoms with van der Waals surface area (Å²) in [4.78, 5) is 38.1. The van der Waals surface area contributed by atoms with Crippen molar-refractivity contribution in [2.75, 3.05) is 13.2 Å². The van der Waals surface area contributed by atoms with Crippen LogP contribution < -0.4 is 0 Å². The van der Waals surface area contributed by atoms with Crippen LogP contribution in [0.5, 0.6) is 0 Å². The summed E-state index contributed by atoms with van der Waals surface area (Å²) in [6, 6.07) is 0. The van der Waals surface area contributed by atoms with Crippen molar-refractivity contribution in [1.29, 1.82) is 0 Å². The number of carbonyl (C=O) groups excluding carboxylic acids is 3. The minimum atomic E-state index is -0.763. The molecule has 0 amide bonds. The van der Waals surface area contributed by atoms with Gasteiger partial charge in [0.1, 0.15) is 13.2 Å². The molecule has 392 valence electrons. The van der Waals surface area contributed by atoms with Crippen LogP contribution in [-0.2, 0) is 28.6 Å². The molecule has 0 radical (unpaired) electrons. The van der Waals surface area contributed by atoms with Crippen LogP contribution in [0, 0.1) is 11.8 Å². The summed E-state index contributed by atoms with van der Waals surface area (Å²) in [5, 5.41) is 0. The Labute approximate surface area is 412 Å². The average Bonchev–Trinajstić information content (AvgIpc) is 3.29. The average molecular weight is 934 g/mol. The summed E-state index contributed by atoms with van der Waals surface area (Å²) in [5.41, 5.74) is 0. The standard InChI is InChI=1S/C60H116O6/c1-6-7-8-9-10-11-12-13-18-23-26-31-37-42-47-52-60(63)66-57(54-65-59(62)51-46-41-36-32-27-29-34-39-44-49-56(4)5)53-64-58(61)50-45-40-35-30-25-22-20-17-15-14-16-19-21-24-28-33-38-43-48-55(2)3/h55-57H,6-54H2,1-5H3/t57-/m0/s1. The van der Waals surface area contributed by atoms with Crippen LogP contribution in [0.2, 0.25) is 0 Å². The van der Waals surface area contributed by atoms with Gasteiger partial charge in [-0.25, -0.2) is 0 Å². The van der Waals surface area contributed by atoms with Gasteiger partial charge in [0.25, 0.3) is 0 Å². The smallest absolute Gasteiger partial charge is 0.306 e. The third-order valence-electron chi connectivity index (χ3n) is 13.7. The molecule has 66 heavy (non-hydrogen) atoms. The van der Waals surface area contributed by atoms with Crippen molar-refractivity contribution < 1.29 is 28.6 Å². The van der Waals surface area contributed by atoms with Gasteiger partial charge in [-0.2, -0.15) is 0 Å². The van der Waals surface area contributed by atoms with Gasteiger partial charge in [0.2, 0.25) is 0 Å². The van der Waals surface area contributed by atoms with E-state index in [0.29, 0.717) is 19.3 Å². The number of hydrogen-bond donors (Lipinski definition) is 0. The largest absolute Gasteiger partial charge is 0.462 e. The van der Waals surface area contributed by atoms with Gasteiger partial charge in [0.05, 0.1) is 0 Å². The maximum absolute atomic E-state index is 12.8. The van der Waals surface area contributed by atoms with Crippen molar-refractivity contribution in [2.45, 2.75) is 343 Å². The molecule has 0 saturated carbocycles. The molecule has 0 aliphatic carbocycles. The van der Waals surface area contributed by atoms with E-state index in [2.05, 4.69) is 34.6 Å². The molecule has 0 aromatic rings. The van der Waals surface area contributed by atoms with Crippen LogP contribution in [0.3, 0.4) is 0 Å². The molecule has 6 nitrogen and oxygen atoms in total. The summed E-state index contributed by atoms with van der Waals surface area (Å²) < 4.78 is 16.9. The summed E-state index contributed by atoms with van der Waals surface area (Å²) >= 11 is 0. The highest BCUT2D eigenvalue weighted by molar-refractivity contribution is 5.71. The molecule has 0 N–H and O–H groups in total. The van der Waals surface area contributed by atoms with Gasteiger partial charge in [-0.1, -0.05) is 298 Å². The lowest BCUT2D eigenvalue weighted by atomic mass is 10.0. The Morgan fingerprint density at radius 2 is 0.500 bits per heavy atom. The highest BCUT2D eigenvalue weighted by Gasteiger charge is 2.19. The van der Waals surface area contributed by atoms with E-state index in [1.807, 2.05) is 0 Å². The van der Waals surface area contributed by atoms with Crippen LogP contribution in [0.1, 0.15) is 336 Å². The van der Waals surface area contributed by atoms with Gasteiger partial charge >= 0.3 is 17.9 Å². The molecule has 0 aromatic carbocycles. The first-order chi connectivity index (χ1) is 32.2. The summed E-state index contributed by atoms with van der Waals surface area (Å²) in [5.74, 6) is 0.829. The first kappa shape index (κ1) is 64.4. The monoisotopic (exact) mass is 933 g/mol. The van der Waals surface area contributed by atoms with E-state index in [1.165, 1.54) is 225 Å². The fourth-order valence-corrected chi connectivity index (χ4v) is 9.23. The zero-order valence-corrected chi connectivity index (χ0v) is 45.3. The topological polar surface area (TPSA) is 78.9 Å². The van der Waals surface area contributed by atoms with Gasteiger partial charge in [-0.05, 0) is 31.1 Å². The minimum Gasteiger partial charge on any atom is -0.462 e. The predicted molar refractivity (Wildman–Crippen MR) is 284 cm³/mol. The van der Waals surface area contributed by atoms with Gasteiger partial charge in [0.15, 0.2) is 6.10 Å². The Bertz CT molecular complexity index is 1010. The Morgan fingerprint density at radius 1 is 0.288 bits per heavy atom. The van der Waals surface area contributed by atoms with E-state index in [4.69, 9.17) is 14.2 Å². The molecule has 0 heterocycles. The van der Waals surface area contributed by atoms with Crippen LogP contribution in [0.15, 0.2) is 0 Å². The van der Waals surface area contributed by atoms with Crippen LogP contribution in [0.4, 0.5) is 0 Å². The molecule has 6 heteroatoms. The quantitative estimate of drug-likeness (QED) is 0.0343. The van der Waals surface area contributed by atoms with Crippen LogP contribution in [0.25, 0.3) is 0 Å². The van der Waals surface area contributed by atoms with Crippen molar-refractivity contribution in [2.24, 2.45) is 11.8 Å². The van der Waals surface area contributed by atoms with Crippen molar-refractivity contribution >= 4 is 17.9 Å². The number of hydrogen-bond acceptors (Lipinski definition) is 6. The van der Waals surface area contributed by atoms with Gasteiger partial charge in [-0.15, -0.1) is 0 Å². The van der Waals surface area contributed by atoms with Gasteiger partial charge < -0.3 is 14.2 Å². The van der Waals surface area contributed by atoms with Gasteiger partial charge in [-0.3, -0.25) is 14.4 Å². The van der Waals surface area contributed by atoms with Gasteiger partial charge in [0, 0.05) is 19.3 Å². The molecular formula is C60H116O6. The molecule has 0 saturated heterocycles. The highest BCUT2D eigenvalue weighted by Crippen LogP contribution is 2.18. The molecule has 0 rings (SSSR count). The Kier molecular flexibility index (Phi) is 51.5. The molecule has 0 aliphatic heterocycles. The number of unbranched alkanes of at least 4 members (excludes halogenated alkanes) is 39. The lowest BCUT2D eigenvalue weighted by molar-refractivity contribution is -0.167. The van der Waals surface area contributed by atoms with Crippen molar-refractivity contribution in [1.82, 2.24) is 0 Å². The summed E-state index contributed by atoms with van der Waals surface area (Å²) in [6.45, 7) is 11.4. The molecular weight excluding hydrogens is 817 g/mol. The van der Waals surface area contributed by atoms with E-state index in [0.717, 1.165) is 69.6 Å². The molecule has 0 unspecified atom stereocenters. The second-order valence-corrected chi connectivity index (χ2v) is 21.6. The molecule has 0 aromatic heterocycles. The Hall–Kier alpha value is -1.59. The number of carbonyl (C=O) groups is 3. The van der Waals surface area contributed by atoms with Crippen molar-refractivity contribution in [3.8, 4) is 0 Å². The fraction of sp³-hybridized carbons (Fsp3) is 0.950. The molecule has 0 aliphatic rings. The summed E-state index contributed by atoms with van der Waals surface area (Å²) in [6.07, 6.45) is 56.7. The predicted octanol–water partition coefficient (Wildman–Crippen LogP) is 19.7. The first-order valence-corrected chi connectivity index (χ1v) is 29.7. The highest BCUT2D eigenvalue weighted by atomic mass is 16.6. The second kappa shape index (κ2) is 52.8. The van der Waals surface area contributed by atoms with E-state index in [1.54, 1.807) is 0 Å². The van der Waals surface area contributed by atoms with E-state index < -0.39 is 6.10 Å². The summed E-state index contributed by atoms with van der Waals surface area (Å²) in [7, 11) is 0. The zero-order valence-electron chi connectivity index (χ0n) is 45.3. The molecule has 1 atom stereocenters. The van der Waals surface area contributed by atoms with Crippen molar-refractivity contribution in [3.63, 3.8) is 0 Å². The maximum atomic E-state index is 12.8. The normalized spacial score (nSPS) is 12.0. The number of rotatable bonds is 54. The molecule has 0 fully saturated rings. The van der Waals surface area contributed by atoms with Crippen molar-refractivity contribution in [3.05, 3.63) is 0 Å². The lowest BCUT2D eigenvalue weighted by Gasteiger charge is -2.18. The zero-order chi connectivity index (χ0) is 48.2. The van der Waals surface area contributed by atoms with E-state index in [9.17, 15) is 14.4 Å². The van der Waals surface area contributed by atoms with Crippen LogP contribution in [-0.4, -0.2) is 37.2 Å². The Balaban J connectivity index is 4.23. The SMILES string of the molecule is CCCCCCCCCCCCCCCCCC(=O)O[C@@H](COC(=O)CCCCCCCCCCCCCCCCCCCCC(C)C)COC(=O)CCCCCCCCCCCC(C)C. The maximum Gasteiger partial charge on any atom is 0.306 e. The van der Waals surface area contributed by atoms with E-state index >= 15 is 0 Å². The Morgan fingerprint density at radius 3 is 0.742 bits per heavy atom. The lowest BCUT2D eigenvalue weighted by Crippen LogP contribution is -2.30.